The first kappa shape index (κ1) is 33.4. The fraction of sp³-hybridized carbons (Fsp3) is 0.667. The van der Waals surface area contributed by atoms with Crippen LogP contribution in [0.2, 0.25) is 0 Å². The number of carboxylic acids is 4. The molecule has 0 unspecified atom stereocenters. The number of likely N-dealkylation sites (N-methyl/N-ethyl adjacent to an activating group) is 1. The van der Waals surface area contributed by atoms with Gasteiger partial charge in [0.1, 0.15) is 0 Å². The maximum atomic E-state index is 9.00. The summed E-state index contributed by atoms with van der Waals surface area (Å²) in [6, 6.07) is 0. The second-order valence-electron chi connectivity index (χ2n) is 3.53. The SMILES string of the molecule is CC(=O)O.CC(=O)O.CC(=O)O.CC(=O)O.CCNCCN(O)O. The third kappa shape index (κ3) is 934. The lowest BCUT2D eigenvalue weighted by Crippen LogP contribution is -2.26. The molecule has 0 aliphatic rings. The third-order valence-electron chi connectivity index (χ3n) is 0.739. The molecule has 0 atom stereocenters. The molecule has 7 N–H and O–H groups in total. The minimum atomic E-state index is -0.833. The van der Waals surface area contributed by atoms with Crippen molar-refractivity contribution < 1.29 is 50.0 Å². The molecule has 24 heavy (non-hydrogen) atoms. The van der Waals surface area contributed by atoms with Crippen LogP contribution in [0.4, 0.5) is 0 Å². The van der Waals surface area contributed by atoms with E-state index in [0.29, 0.717) is 6.54 Å². The van der Waals surface area contributed by atoms with Crippen LogP contribution in [0.15, 0.2) is 0 Å². The number of rotatable bonds is 4. The lowest BCUT2D eigenvalue weighted by Gasteiger charge is -2.04. The predicted octanol–water partition coefficient (Wildman–Crippen LogP) is 0.0399. The lowest BCUT2D eigenvalue weighted by molar-refractivity contribution is -0.305. The van der Waals surface area contributed by atoms with Gasteiger partial charge < -0.3 is 25.7 Å². The van der Waals surface area contributed by atoms with E-state index < -0.39 is 23.9 Å². The Labute approximate surface area is 139 Å². The van der Waals surface area contributed by atoms with Crippen LogP contribution in [0.25, 0.3) is 0 Å². The van der Waals surface area contributed by atoms with Crippen molar-refractivity contribution in [2.75, 3.05) is 19.6 Å². The molecule has 0 aromatic carbocycles. The van der Waals surface area contributed by atoms with Gasteiger partial charge in [0.05, 0.1) is 6.54 Å². The van der Waals surface area contributed by atoms with Gasteiger partial charge in [-0.05, 0) is 6.54 Å². The smallest absolute Gasteiger partial charge is 0.300 e. The molecule has 0 aromatic heterocycles. The van der Waals surface area contributed by atoms with Crippen molar-refractivity contribution >= 4 is 23.9 Å². The second-order valence-corrected chi connectivity index (χ2v) is 3.53. The Morgan fingerprint density at radius 3 is 1.08 bits per heavy atom. The molecular formula is C12H28N2O10. The maximum Gasteiger partial charge on any atom is 0.300 e. The summed E-state index contributed by atoms with van der Waals surface area (Å²) in [6.07, 6.45) is 0. The Morgan fingerprint density at radius 2 is 0.958 bits per heavy atom. The number of carbonyl (C=O) groups is 4. The van der Waals surface area contributed by atoms with Crippen molar-refractivity contribution in [3.05, 3.63) is 0 Å². The van der Waals surface area contributed by atoms with Crippen LogP contribution < -0.4 is 5.32 Å². The van der Waals surface area contributed by atoms with E-state index in [1.807, 2.05) is 6.92 Å². The molecule has 146 valence electrons. The van der Waals surface area contributed by atoms with Gasteiger partial charge in [0.15, 0.2) is 0 Å². The summed E-state index contributed by atoms with van der Waals surface area (Å²) in [7, 11) is 0. The van der Waals surface area contributed by atoms with Crippen LogP contribution in [-0.2, 0) is 19.2 Å². The minimum Gasteiger partial charge on any atom is -0.481 e. The van der Waals surface area contributed by atoms with E-state index in [0.717, 1.165) is 34.2 Å². The Morgan fingerprint density at radius 1 is 0.750 bits per heavy atom. The number of hydroxylamine groups is 2. The summed E-state index contributed by atoms with van der Waals surface area (Å²) in [5.74, 6) is -3.33. The van der Waals surface area contributed by atoms with Gasteiger partial charge in [0.25, 0.3) is 23.9 Å². The van der Waals surface area contributed by atoms with Gasteiger partial charge in [0, 0.05) is 34.2 Å². The van der Waals surface area contributed by atoms with Crippen molar-refractivity contribution in [1.82, 2.24) is 10.5 Å². The van der Waals surface area contributed by atoms with Gasteiger partial charge in [-0.25, -0.2) is 0 Å². The predicted molar refractivity (Wildman–Crippen MR) is 82.1 cm³/mol. The fourth-order valence-corrected chi connectivity index (χ4v) is 0.356. The Balaban J connectivity index is -0.0000000657. The molecule has 0 fully saturated rings. The average molecular weight is 360 g/mol. The first-order valence-electron chi connectivity index (χ1n) is 6.34. The number of aliphatic carboxylic acids is 4. The largest absolute Gasteiger partial charge is 0.481 e. The summed E-state index contributed by atoms with van der Waals surface area (Å²) in [4.78, 5) is 36.0. The number of carboxylic acid groups (broad SMARTS) is 4. The van der Waals surface area contributed by atoms with Crippen LogP contribution in [0.1, 0.15) is 34.6 Å². The van der Waals surface area contributed by atoms with E-state index in [-0.39, 0.29) is 11.8 Å². The van der Waals surface area contributed by atoms with Gasteiger partial charge >= 0.3 is 0 Å². The monoisotopic (exact) mass is 360 g/mol. The lowest BCUT2D eigenvalue weighted by atomic mass is 10.6. The van der Waals surface area contributed by atoms with Crippen molar-refractivity contribution in [2.45, 2.75) is 34.6 Å². The fourth-order valence-electron chi connectivity index (χ4n) is 0.356. The Kier molecular flexibility index (Phi) is 40.1. The topological polar surface area (TPSA) is 205 Å². The van der Waals surface area contributed by atoms with E-state index in [9.17, 15) is 0 Å². The first-order valence-corrected chi connectivity index (χ1v) is 6.34. The van der Waals surface area contributed by atoms with E-state index in [1.165, 1.54) is 0 Å². The zero-order valence-corrected chi connectivity index (χ0v) is 14.4. The molecule has 0 aromatic rings. The molecule has 12 heteroatoms. The molecule has 0 heterocycles. The highest BCUT2D eigenvalue weighted by Crippen LogP contribution is 1.67. The van der Waals surface area contributed by atoms with Gasteiger partial charge in [0.2, 0.25) is 0 Å². The van der Waals surface area contributed by atoms with Crippen LogP contribution in [0.5, 0.6) is 0 Å². The average Bonchev–Trinajstić information content (AvgIpc) is 2.25. The zero-order valence-electron chi connectivity index (χ0n) is 14.4. The minimum absolute atomic E-state index is 0.169. The summed E-state index contributed by atoms with van der Waals surface area (Å²) in [5, 5.41) is 49.0. The summed E-state index contributed by atoms with van der Waals surface area (Å²) < 4.78 is 0. The molecule has 0 aliphatic carbocycles. The van der Waals surface area contributed by atoms with Crippen molar-refractivity contribution in [2.24, 2.45) is 0 Å². The number of hydrogen-bond acceptors (Lipinski definition) is 8. The Bertz CT molecular complexity index is 257. The van der Waals surface area contributed by atoms with Gasteiger partial charge in [-0.15, -0.1) is 0 Å². The molecule has 0 saturated carbocycles. The van der Waals surface area contributed by atoms with E-state index in [2.05, 4.69) is 5.32 Å². The van der Waals surface area contributed by atoms with Gasteiger partial charge in [-0.3, -0.25) is 29.6 Å². The van der Waals surface area contributed by atoms with Crippen molar-refractivity contribution in [1.29, 1.82) is 0 Å². The number of nitrogens with zero attached hydrogens (tertiary/aromatic N) is 1. The van der Waals surface area contributed by atoms with Crippen LogP contribution >= 0.6 is 0 Å². The summed E-state index contributed by atoms with van der Waals surface area (Å²) in [6.45, 7) is 7.99. The molecule has 12 nitrogen and oxygen atoms in total. The quantitative estimate of drug-likeness (QED) is 0.262. The molecular weight excluding hydrogens is 332 g/mol. The molecule has 0 saturated heterocycles. The molecule has 0 amide bonds. The first-order chi connectivity index (χ1) is 10.7. The molecule has 0 spiro atoms. The highest BCUT2D eigenvalue weighted by molar-refractivity contribution is 5.63. The van der Waals surface area contributed by atoms with E-state index in [1.54, 1.807) is 0 Å². The molecule has 0 rings (SSSR count). The highest BCUT2D eigenvalue weighted by Gasteiger charge is 1.88. The van der Waals surface area contributed by atoms with Gasteiger partial charge in [-0.2, -0.15) is 0 Å². The number of nitrogens with one attached hydrogen (secondary N) is 1. The van der Waals surface area contributed by atoms with Gasteiger partial charge in [-0.1, -0.05) is 12.2 Å². The highest BCUT2D eigenvalue weighted by atomic mass is 16.8. The molecule has 0 aliphatic heterocycles. The second kappa shape index (κ2) is 28.8. The van der Waals surface area contributed by atoms with Crippen molar-refractivity contribution in [3.8, 4) is 0 Å². The molecule has 0 radical (unpaired) electrons. The normalized spacial score (nSPS) is 7.67. The van der Waals surface area contributed by atoms with Crippen LogP contribution in [0.3, 0.4) is 0 Å². The standard InChI is InChI=1S/C4H12N2O2.4C2H4O2/c1-2-5-3-4-6(7)8;4*1-2(3)4/h5,7-8H,2-4H2,1H3;4*1H3,(H,3,4). The number of hydrogen-bond donors (Lipinski definition) is 7. The molecule has 0 bridgehead atoms. The summed E-state index contributed by atoms with van der Waals surface area (Å²) >= 11 is 0. The van der Waals surface area contributed by atoms with E-state index in [4.69, 9.17) is 50.0 Å². The van der Waals surface area contributed by atoms with Crippen LogP contribution in [0, 0.1) is 0 Å². The maximum absolute atomic E-state index is 9.00. The van der Waals surface area contributed by atoms with Crippen molar-refractivity contribution in [3.63, 3.8) is 0 Å². The zero-order chi connectivity index (χ0) is 20.7. The van der Waals surface area contributed by atoms with E-state index >= 15 is 0 Å². The Hall–Kier alpha value is -2.28. The van der Waals surface area contributed by atoms with Crippen LogP contribution in [-0.4, -0.2) is 79.6 Å². The summed E-state index contributed by atoms with van der Waals surface area (Å²) in [5.41, 5.74) is 0. The third-order valence-corrected chi connectivity index (χ3v) is 0.739.